The van der Waals surface area contributed by atoms with Crippen LogP contribution in [0.25, 0.3) is 0 Å². The molecule has 9 unspecified atom stereocenters. The van der Waals surface area contributed by atoms with Gasteiger partial charge in [0.25, 0.3) is 6.47 Å². The van der Waals surface area contributed by atoms with E-state index in [4.69, 9.17) is 37.9 Å². The fraction of sp³-hybridized carbons (Fsp3) is 0.892. The smallest absolute Gasteiger partial charge is 0.311 e. The first-order chi connectivity index (χ1) is 23.6. The summed E-state index contributed by atoms with van der Waals surface area (Å²) in [6.45, 7) is 18.0. The van der Waals surface area contributed by atoms with Gasteiger partial charge in [0.15, 0.2) is 18.7 Å². The predicted molar refractivity (Wildman–Crippen MR) is 184 cm³/mol. The van der Waals surface area contributed by atoms with Crippen molar-refractivity contribution in [1.29, 1.82) is 0 Å². The molecule has 4 heterocycles. The average Bonchev–Trinajstić information content (AvgIpc) is 3.37. The van der Waals surface area contributed by atoms with Gasteiger partial charge in [0.05, 0.1) is 30.3 Å². The number of hydrogen-bond donors (Lipinski definition) is 3. The van der Waals surface area contributed by atoms with E-state index in [1.165, 1.54) is 14.0 Å². The van der Waals surface area contributed by atoms with Crippen molar-refractivity contribution in [2.45, 2.75) is 173 Å². The molecule has 14 nitrogen and oxygen atoms in total. The van der Waals surface area contributed by atoms with Gasteiger partial charge in [-0.15, -0.1) is 0 Å². The molecule has 3 saturated heterocycles. The minimum Gasteiger partial charge on any atom is -0.489 e. The normalized spacial score (nSPS) is 48.6. The molecule has 4 aliphatic heterocycles. The molecule has 0 spiro atoms. The minimum atomic E-state index is -1.84. The zero-order chi connectivity index (χ0) is 38.4. The summed E-state index contributed by atoms with van der Waals surface area (Å²) in [7, 11) is 5.32. The zero-order valence-electron chi connectivity index (χ0n) is 32.7. The Morgan fingerprint density at radius 2 is 1.61 bits per heavy atom. The summed E-state index contributed by atoms with van der Waals surface area (Å²) in [5.41, 5.74) is -3.06. The van der Waals surface area contributed by atoms with Gasteiger partial charge in [-0.05, 0) is 81.5 Å². The average molecular weight is 730 g/mol. The van der Waals surface area contributed by atoms with Crippen LogP contribution in [0.2, 0.25) is 0 Å². The van der Waals surface area contributed by atoms with E-state index in [-0.39, 0.29) is 18.6 Å². The van der Waals surface area contributed by atoms with Gasteiger partial charge in [-0.25, -0.2) is 0 Å². The van der Waals surface area contributed by atoms with Crippen LogP contribution in [-0.2, 0) is 47.5 Å². The molecule has 294 valence electrons. The number of hydrogen-bond acceptors (Lipinski definition) is 14. The molecule has 0 amide bonds. The first-order valence-corrected chi connectivity index (χ1v) is 18.2. The number of carbonyl (C=O) groups excluding carboxylic acids is 2. The summed E-state index contributed by atoms with van der Waals surface area (Å²) in [6, 6.07) is -0.248. The summed E-state index contributed by atoms with van der Waals surface area (Å²) in [4.78, 5) is 27.3. The van der Waals surface area contributed by atoms with Gasteiger partial charge in [0, 0.05) is 37.8 Å². The van der Waals surface area contributed by atoms with Crippen molar-refractivity contribution in [2.24, 2.45) is 17.8 Å². The number of likely N-dealkylation sites (N-methyl/N-ethyl adjacent to an activating group) is 1. The minimum absolute atomic E-state index is 0.155. The highest BCUT2D eigenvalue weighted by molar-refractivity contribution is 5.73. The van der Waals surface area contributed by atoms with E-state index in [0.29, 0.717) is 25.1 Å². The fourth-order valence-electron chi connectivity index (χ4n) is 8.62. The van der Waals surface area contributed by atoms with Crippen LogP contribution >= 0.6 is 0 Å². The van der Waals surface area contributed by atoms with E-state index in [0.717, 1.165) is 5.57 Å². The number of esters is 1. The van der Waals surface area contributed by atoms with Crippen LogP contribution in [0.4, 0.5) is 0 Å². The molecule has 0 saturated carbocycles. The maximum absolute atomic E-state index is 14.0. The Kier molecular flexibility index (Phi) is 13.0. The number of fused-ring (bicyclic) bond motifs is 2. The Hall–Kier alpha value is -1.88. The van der Waals surface area contributed by atoms with Crippen LogP contribution in [0.3, 0.4) is 0 Å². The van der Waals surface area contributed by atoms with Crippen LogP contribution in [-0.4, -0.2) is 138 Å². The molecule has 4 aliphatic rings. The highest BCUT2D eigenvalue weighted by Gasteiger charge is 2.56. The molecule has 17 atom stereocenters. The van der Waals surface area contributed by atoms with Gasteiger partial charge in [0.2, 0.25) is 0 Å². The van der Waals surface area contributed by atoms with E-state index in [2.05, 4.69) is 0 Å². The van der Waals surface area contributed by atoms with Crippen LogP contribution in [0.1, 0.15) is 88.5 Å². The molecule has 0 aliphatic carbocycles. The third-order valence-electron chi connectivity index (χ3n) is 11.9. The molecular weight excluding hydrogens is 666 g/mol. The number of methoxy groups -OCH3 is 1. The molecule has 2 bridgehead atoms. The Bertz CT molecular complexity index is 1260. The number of cyclic esters (lactones) is 1. The second-order valence-electron chi connectivity index (χ2n) is 16.3. The number of nitrogens with zero attached hydrogens (tertiary/aromatic N) is 1. The van der Waals surface area contributed by atoms with Crippen LogP contribution < -0.4 is 0 Å². The fourth-order valence-corrected chi connectivity index (χ4v) is 8.62. The lowest BCUT2D eigenvalue weighted by Crippen LogP contribution is -2.60. The van der Waals surface area contributed by atoms with Gasteiger partial charge < -0.3 is 58.1 Å². The molecule has 4 rings (SSSR count). The zero-order valence-corrected chi connectivity index (χ0v) is 32.7. The lowest BCUT2D eigenvalue weighted by molar-refractivity contribution is -0.317. The highest BCUT2D eigenvalue weighted by Crippen LogP contribution is 2.47. The molecule has 0 aromatic carbocycles. The maximum atomic E-state index is 14.0. The van der Waals surface area contributed by atoms with Crippen LogP contribution in [0, 0.1) is 17.8 Å². The largest absolute Gasteiger partial charge is 0.489 e. The van der Waals surface area contributed by atoms with E-state index in [1.54, 1.807) is 34.6 Å². The summed E-state index contributed by atoms with van der Waals surface area (Å²) < 4.78 is 50.0. The van der Waals surface area contributed by atoms with Crippen molar-refractivity contribution >= 4 is 12.4 Å². The van der Waals surface area contributed by atoms with Gasteiger partial charge in [-0.1, -0.05) is 13.8 Å². The van der Waals surface area contributed by atoms with Crippen molar-refractivity contribution in [3.8, 4) is 0 Å². The predicted octanol–water partition coefficient (Wildman–Crippen LogP) is 2.68. The van der Waals surface area contributed by atoms with E-state index in [9.17, 15) is 24.9 Å². The number of carbonyl (C=O) groups is 2. The van der Waals surface area contributed by atoms with E-state index >= 15 is 0 Å². The first-order valence-electron chi connectivity index (χ1n) is 18.2. The van der Waals surface area contributed by atoms with Crippen LogP contribution in [0.15, 0.2) is 11.3 Å². The van der Waals surface area contributed by atoms with Crippen molar-refractivity contribution in [3.05, 3.63) is 11.3 Å². The summed E-state index contributed by atoms with van der Waals surface area (Å²) in [5, 5.41) is 34.7. The van der Waals surface area contributed by atoms with Gasteiger partial charge >= 0.3 is 5.97 Å². The van der Waals surface area contributed by atoms with E-state index < -0.39 is 95.8 Å². The summed E-state index contributed by atoms with van der Waals surface area (Å²) >= 11 is 0. The van der Waals surface area contributed by atoms with Crippen molar-refractivity contribution < 1.29 is 62.8 Å². The van der Waals surface area contributed by atoms with Crippen molar-refractivity contribution in [3.63, 3.8) is 0 Å². The highest BCUT2D eigenvalue weighted by atomic mass is 16.7. The van der Waals surface area contributed by atoms with Crippen molar-refractivity contribution in [2.75, 3.05) is 21.2 Å². The standard InChI is InChI=1S/C37H63NO13/c1-18-15-36(9)31(50-34-27(40)25(38(11)12)14-19(2)46-34)21(4)29(49-26-16-35(8,44-13)32(45-17-39)23(6)47-26)22(5)33(42)48-24(7)37(10,43)30(41)20(3)28(18)51-36/h17,19-27,29-32,34,40-41,43H,14-16H2,1-13H3/t19-,20+,21+,22-,23+,24?,25?,26?,27?,29?,30?,31?,32?,34?,35-,36-,37-/m1/s1. The molecule has 14 heteroatoms. The van der Waals surface area contributed by atoms with Gasteiger partial charge in [-0.2, -0.15) is 0 Å². The SMILES string of the molecule is CO[C@]1(C)CC(OC2[C@H](C)C(OC3O[C@H](C)CC(N(C)C)C3O)[C@@]3(C)CC(C)=C(O3)[C@H](C)C(O)[C@](C)(O)C(C)OC(=O)[C@@H]2C)O[C@@H](C)C1OC=O. The third kappa shape index (κ3) is 8.29. The monoisotopic (exact) mass is 729 g/mol. The Morgan fingerprint density at radius 1 is 0.961 bits per heavy atom. The summed E-state index contributed by atoms with van der Waals surface area (Å²) in [5.74, 6) is -2.44. The molecule has 0 aromatic heterocycles. The van der Waals surface area contributed by atoms with E-state index in [1.807, 2.05) is 46.7 Å². The summed E-state index contributed by atoms with van der Waals surface area (Å²) in [6.07, 6.45) is -7.69. The quantitative estimate of drug-likeness (QED) is 0.246. The van der Waals surface area contributed by atoms with Crippen LogP contribution in [0.5, 0.6) is 0 Å². The lowest BCUT2D eigenvalue weighted by atomic mass is 9.79. The second-order valence-corrected chi connectivity index (χ2v) is 16.3. The third-order valence-corrected chi connectivity index (χ3v) is 11.9. The molecule has 3 fully saturated rings. The van der Waals surface area contributed by atoms with Gasteiger partial charge in [-0.3, -0.25) is 9.59 Å². The lowest BCUT2D eigenvalue weighted by Gasteiger charge is -2.49. The maximum Gasteiger partial charge on any atom is 0.311 e. The number of aliphatic hydroxyl groups is 3. The molecule has 51 heavy (non-hydrogen) atoms. The first kappa shape index (κ1) is 41.9. The van der Waals surface area contributed by atoms with Gasteiger partial charge in [0.1, 0.15) is 40.9 Å². The second kappa shape index (κ2) is 15.8. The molecule has 3 N–H and O–H groups in total. The molecule has 0 aromatic rings. The van der Waals surface area contributed by atoms with Crippen molar-refractivity contribution in [1.82, 2.24) is 4.90 Å². The number of rotatable bonds is 8. The molecule has 0 radical (unpaired) electrons. The number of ether oxygens (including phenoxy) is 8. The Balaban J connectivity index is 1.82. The topological polar surface area (TPSA) is 172 Å². The number of aliphatic hydroxyl groups excluding tert-OH is 2. The Morgan fingerprint density at radius 3 is 2.20 bits per heavy atom. The Labute approximate surface area is 303 Å². The molecular formula is C37H63NO13.